The first-order chi connectivity index (χ1) is 8.05. The summed E-state index contributed by atoms with van der Waals surface area (Å²) in [6, 6.07) is 5.10. The molecule has 4 nitrogen and oxygen atoms in total. The third kappa shape index (κ3) is 2.30. The number of methoxy groups -OCH3 is 1. The van der Waals surface area contributed by atoms with Gasteiger partial charge in [0.15, 0.2) is 9.84 Å². The summed E-state index contributed by atoms with van der Waals surface area (Å²) in [5, 5.41) is 2.79. The van der Waals surface area contributed by atoms with Crippen LogP contribution in [0.3, 0.4) is 0 Å². The average Bonchev–Trinajstić information content (AvgIpc) is 2.82. The second-order valence-corrected chi connectivity index (χ2v) is 6.49. The van der Waals surface area contributed by atoms with Crippen molar-refractivity contribution in [3.8, 4) is 5.75 Å². The van der Waals surface area contributed by atoms with Gasteiger partial charge in [0.05, 0.1) is 17.3 Å². The van der Waals surface area contributed by atoms with Crippen LogP contribution in [0.4, 0.5) is 0 Å². The van der Waals surface area contributed by atoms with E-state index in [4.69, 9.17) is 4.74 Å². The van der Waals surface area contributed by atoms with E-state index in [1.54, 1.807) is 32.2 Å². The van der Waals surface area contributed by atoms with Gasteiger partial charge in [-0.25, -0.2) is 8.42 Å². The Hall–Kier alpha value is -1.07. The van der Waals surface area contributed by atoms with Crippen LogP contribution in [0, 0.1) is 6.92 Å². The Bertz CT molecular complexity index is 504. The van der Waals surface area contributed by atoms with Crippen LogP contribution in [0.5, 0.6) is 5.75 Å². The fourth-order valence-electron chi connectivity index (χ4n) is 2.14. The predicted molar refractivity (Wildman–Crippen MR) is 66.2 cm³/mol. The van der Waals surface area contributed by atoms with Crippen molar-refractivity contribution in [1.29, 1.82) is 0 Å². The van der Waals surface area contributed by atoms with Gasteiger partial charge in [-0.3, -0.25) is 0 Å². The second kappa shape index (κ2) is 4.66. The zero-order valence-electron chi connectivity index (χ0n) is 10.1. The van der Waals surface area contributed by atoms with E-state index in [9.17, 15) is 8.42 Å². The van der Waals surface area contributed by atoms with E-state index < -0.39 is 9.84 Å². The third-order valence-corrected chi connectivity index (χ3v) is 5.49. The summed E-state index contributed by atoms with van der Waals surface area (Å²) in [4.78, 5) is 0.423. The first-order valence-electron chi connectivity index (χ1n) is 5.65. The van der Waals surface area contributed by atoms with Crippen molar-refractivity contribution in [3.63, 3.8) is 0 Å². The quantitative estimate of drug-likeness (QED) is 0.880. The molecule has 0 radical (unpaired) electrons. The van der Waals surface area contributed by atoms with Gasteiger partial charge in [0, 0.05) is 6.54 Å². The molecule has 0 saturated carbocycles. The van der Waals surface area contributed by atoms with Gasteiger partial charge in [-0.15, -0.1) is 0 Å². The summed E-state index contributed by atoms with van der Waals surface area (Å²) in [6.45, 7) is 3.13. The summed E-state index contributed by atoms with van der Waals surface area (Å²) < 4.78 is 29.8. The Morgan fingerprint density at radius 2 is 2.18 bits per heavy atom. The van der Waals surface area contributed by atoms with Crippen LogP contribution in [0.25, 0.3) is 0 Å². The molecule has 17 heavy (non-hydrogen) atoms. The minimum atomic E-state index is -3.21. The van der Waals surface area contributed by atoms with Crippen LogP contribution >= 0.6 is 0 Å². The van der Waals surface area contributed by atoms with E-state index >= 15 is 0 Å². The smallest absolute Gasteiger partial charge is 0.182 e. The van der Waals surface area contributed by atoms with Crippen molar-refractivity contribution >= 4 is 9.84 Å². The van der Waals surface area contributed by atoms with Gasteiger partial charge in [0.25, 0.3) is 0 Å². The normalized spacial score (nSPS) is 20.5. The first-order valence-corrected chi connectivity index (χ1v) is 7.19. The summed E-state index contributed by atoms with van der Waals surface area (Å²) in [7, 11) is -1.64. The Morgan fingerprint density at radius 3 is 2.71 bits per heavy atom. The number of hydrogen-bond acceptors (Lipinski definition) is 4. The van der Waals surface area contributed by atoms with Crippen LogP contribution in [0.2, 0.25) is 0 Å². The molecule has 1 aromatic carbocycles. The lowest BCUT2D eigenvalue weighted by Gasteiger charge is -2.13. The Labute approximate surface area is 102 Å². The van der Waals surface area contributed by atoms with Crippen molar-refractivity contribution < 1.29 is 13.2 Å². The van der Waals surface area contributed by atoms with Gasteiger partial charge in [0.1, 0.15) is 5.75 Å². The van der Waals surface area contributed by atoms with Crippen LogP contribution in [-0.2, 0) is 9.84 Å². The lowest BCUT2D eigenvalue weighted by atomic mass is 10.2. The topological polar surface area (TPSA) is 55.4 Å². The highest BCUT2D eigenvalue weighted by Crippen LogP contribution is 2.26. The minimum Gasteiger partial charge on any atom is -0.497 e. The maximum Gasteiger partial charge on any atom is 0.182 e. The number of sulfone groups is 1. The molecule has 1 atom stereocenters. The lowest BCUT2D eigenvalue weighted by Crippen LogP contribution is -2.24. The number of ether oxygens (including phenoxy) is 1. The molecular weight excluding hydrogens is 238 g/mol. The standard InChI is InChI=1S/C12H17NO3S/c1-9-7-10(16-2)3-4-12(9)17(14,15)11-5-6-13-8-11/h3-4,7,11,13H,5-6,8H2,1-2H3. The molecule has 1 aliphatic rings. The van der Waals surface area contributed by atoms with E-state index in [1.165, 1.54) is 0 Å². The lowest BCUT2D eigenvalue weighted by molar-refractivity contribution is 0.414. The Morgan fingerprint density at radius 1 is 1.41 bits per heavy atom. The summed E-state index contributed by atoms with van der Waals surface area (Å²) in [5.41, 5.74) is 0.747. The van der Waals surface area contributed by atoms with Gasteiger partial charge in [-0.2, -0.15) is 0 Å². The van der Waals surface area contributed by atoms with Crippen molar-refractivity contribution in [3.05, 3.63) is 23.8 Å². The van der Waals surface area contributed by atoms with E-state index in [1.807, 2.05) is 0 Å². The van der Waals surface area contributed by atoms with Gasteiger partial charge in [0.2, 0.25) is 0 Å². The molecule has 94 valence electrons. The largest absolute Gasteiger partial charge is 0.497 e. The van der Waals surface area contributed by atoms with E-state index in [0.717, 1.165) is 12.1 Å². The highest BCUT2D eigenvalue weighted by atomic mass is 32.2. The maximum absolute atomic E-state index is 12.4. The molecule has 1 saturated heterocycles. The van der Waals surface area contributed by atoms with Gasteiger partial charge in [-0.1, -0.05) is 0 Å². The van der Waals surface area contributed by atoms with Crippen LogP contribution in [-0.4, -0.2) is 33.9 Å². The van der Waals surface area contributed by atoms with E-state index in [-0.39, 0.29) is 5.25 Å². The zero-order chi connectivity index (χ0) is 12.5. The molecule has 0 aromatic heterocycles. The molecule has 5 heteroatoms. The summed E-state index contributed by atoms with van der Waals surface area (Å²) in [6.07, 6.45) is 0.688. The number of hydrogen-bond donors (Lipinski definition) is 1. The number of nitrogens with one attached hydrogen (secondary N) is 1. The first kappa shape index (κ1) is 12.4. The molecule has 0 amide bonds. The fraction of sp³-hybridized carbons (Fsp3) is 0.500. The fourth-order valence-corrected chi connectivity index (χ4v) is 4.03. The molecule has 1 unspecified atom stereocenters. The SMILES string of the molecule is COc1ccc(S(=O)(=O)C2CCNC2)c(C)c1. The third-order valence-electron chi connectivity index (χ3n) is 3.14. The molecule has 1 aliphatic heterocycles. The maximum atomic E-state index is 12.4. The minimum absolute atomic E-state index is 0.297. The van der Waals surface area contributed by atoms with E-state index in [0.29, 0.717) is 23.6 Å². The molecular formula is C12H17NO3S. The highest BCUT2D eigenvalue weighted by Gasteiger charge is 2.31. The average molecular weight is 255 g/mol. The molecule has 1 fully saturated rings. The molecule has 1 heterocycles. The summed E-state index contributed by atoms with van der Waals surface area (Å²) in [5.74, 6) is 0.686. The molecule has 0 spiro atoms. The zero-order valence-corrected chi connectivity index (χ0v) is 10.9. The molecule has 0 aliphatic carbocycles. The van der Waals surface area contributed by atoms with Crippen LogP contribution in [0.15, 0.2) is 23.1 Å². The van der Waals surface area contributed by atoms with E-state index in [2.05, 4.69) is 5.32 Å². The molecule has 1 aromatic rings. The van der Waals surface area contributed by atoms with Gasteiger partial charge >= 0.3 is 0 Å². The number of benzene rings is 1. The molecule has 2 rings (SSSR count). The van der Waals surface area contributed by atoms with Gasteiger partial charge < -0.3 is 10.1 Å². The highest BCUT2D eigenvalue weighted by molar-refractivity contribution is 7.92. The van der Waals surface area contributed by atoms with Crippen molar-refractivity contribution in [2.75, 3.05) is 20.2 Å². The van der Waals surface area contributed by atoms with Gasteiger partial charge in [-0.05, 0) is 43.7 Å². The molecule has 1 N–H and O–H groups in total. The monoisotopic (exact) mass is 255 g/mol. The van der Waals surface area contributed by atoms with Crippen molar-refractivity contribution in [2.45, 2.75) is 23.5 Å². The number of rotatable bonds is 3. The second-order valence-electron chi connectivity index (χ2n) is 4.29. The molecule has 0 bridgehead atoms. The van der Waals surface area contributed by atoms with Crippen LogP contribution < -0.4 is 10.1 Å². The number of aryl methyl sites for hydroxylation is 1. The summed E-state index contributed by atoms with van der Waals surface area (Å²) >= 11 is 0. The predicted octanol–water partition coefficient (Wildman–Crippen LogP) is 1.14. The van der Waals surface area contributed by atoms with Crippen LogP contribution in [0.1, 0.15) is 12.0 Å². The Kier molecular flexibility index (Phi) is 3.40. The Balaban J connectivity index is 2.39. The van der Waals surface area contributed by atoms with Crippen molar-refractivity contribution in [2.24, 2.45) is 0 Å². The van der Waals surface area contributed by atoms with Crippen molar-refractivity contribution in [1.82, 2.24) is 5.32 Å².